The summed E-state index contributed by atoms with van der Waals surface area (Å²) in [4.78, 5) is 11.1. The van der Waals surface area contributed by atoms with Gasteiger partial charge in [0.25, 0.3) is 0 Å². The molecule has 0 radical (unpaired) electrons. The molecule has 3 nitrogen and oxygen atoms in total. The van der Waals surface area contributed by atoms with Gasteiger partial charge < -0.3 is 10.5 Å². The average molecular weight is 224 g/mol. The quantitative estimate of drug-likeness (QED) is 0.532. The van der Waals surface area contributed by atoms with Crippen LogP contribution in [0.25, 0.3) is 0 Å². The van der Waals surface area contributed by atoms with E-state index >= 15 is 0 Å². The van der Waals surface area contributed by atoms with Crippen LogP contribution in [0.15, 0.2) is 0 Å². The minimum absolute atomic E-state index is 0. The van der Waals surface area contributed by atoms with E-state index in [2.05, 4.69) is 6.92 Å². The van der Waals surface area contributed by atoms with Gasteiger partial charge in [0.05, 0.1) is 6.61 Å². The molecule has 0 aromatic heterocycles. The number of carbonyl (C=O) groups is 1. The van der Waals surface area contributed by atoms with Crippen molar-refractivity contribution >= 4 is 18.4 Å². The summed E-state index contributed by atoms with van der Waals surface area (Å²) < 4.78 is 4.99. The standard InChI is InChI=1S/C10H21NO2.ClH/c1-3-5-6-8-13-10(12)9(11)7-4-2;/h9H,3-8,11H2,1-2H3;1H/t9-;/m0./s1. The first-order chi connectivity index (χ1) is 6.22. The first-order valence-electron chi connectivity index (χ1n) is 5.14. The van der Waals surface area contributed by atoms with Crippen molar-refractivity contribution in [2.45, 2.75) is 52.0 Å². The molecule has 0 unspecified atom stereocenters. The Balaban J connectivity index is 0. The number of hydrogen-bond acceptors (Lipinski definition) is 3. The zero-order valence-corrected chi connectivity index (χ0v) is 9.94. The van der Waals surface area contributed by atoms with Gasteiger partial charge >= 0.3 is 5.97 Å². The van der Waals surface area contributed by atoms with E-state index in [1.165, 1.54) is 0 Å². The second-order valence-corrected chi connectivity index (χ2v) is 3.27. The third kappa shape index (κ3) is 8.32. The van der Waals surface area contributed by atoms with Crippen LogP contribution in [0.5, 0.6) is 0 Å². The number of ether oxygens (including phenoxy) is 1. The van der Waals surface area contributed by atoms with E-state index in [9.17, 15) is 4.79 Å². The Bertz CT molecular complexity index is 142. The van der Waals surface area contributed by atoms with Crippen molar-refractivity contribution in [3.63, 3.8) is 0 Å². The van der Waals surface area contributed by atoms with E-state index in [1.54, 1.807) is 0 Å². The molecule has 0 heterocycles. The fourth-order valence-electron chi connectivity index (χ4n) is 1.06. The number of nitrogens with two attached hydrogens (primary N) is 1. The molecule has 0 rings (SSSR count). The lowest BCUT2D eigenvalue weighted by Crippen LogP contribution is -2.32. The Kier molecular flexibility index (Phi) is 12.5. The van der Waals surface area contributed by atoms with Gasteiger partial charge in [0, 0.05) is 0 Å². The largest absolute Gasteiger partial charge is 0.465 e. The van der Waals surface area contributed by atoms with Gasteiger partial charge in [-0.3, -0.25) is 4.79 Å². The molecule has 14 heavy (non-hydrogen) atoms. The van der Waals surface area contributed by atoms with E-state index in [-0.39, 0.29) is 18.4 Å². The van der Waals surface area contributed by atoms with Crippen LogP contribution in [0.4, 0.5) is 0 Å². The zero-order valence-electron chi connectivity index (χ0n) is 9.12. The van der Waals surface area contributed by atoms with Crippen molar-refractivity contribution in [2.75, 3.05) is 6.61 Å². The van der Waals surface area contributed by atoms with E-state index in [0.717, 1.165) is 25.7 Å². The number of unbranched alkanes of at least 4 members (excludes halogenated alkanes) is 2. The zero-order chi connectivity index (χ0) is 10.1. The maximum absolute atomic E-state index is 11.1. The molecule has 0 bridgehead atoms. The van der Waals surface area contributed by atoms with Gasteiger partial charge in [0.2, 0.25) is 0 Å². The molecule has 0 aliphatic carbocycles. The summed E-state index contributed by atoms with van der Waals surface area (Å²) in [7, 11) is 0. The van der Waals surface area contributed by atoms with Gasteiger partial charge in [-0.05, 0) is 12.8 Å². The van der Waals surface area contributed by atoms with E-state index < -0.39 is 6.04 Å². The molecule has 0 aliphatic rings. The molecule has 2 N–H and O–H groups in total. The highest BCUT2D eigenvalue weighted by Crippen LogP contribution is 1.99. The van der Waals surface area contributed by atoms with Crippen LogP contribution in [0, 0.1) is 0 Å². The number of esters is 1. The molecule has 0 fully saturated rings. The monoisotopic (exact) mass is 223 g/mol. The summed E-state index contributed by atoms with van der Waals surface area (Å²) >= 11 is 0. The molecule has 0 aromatic rings. The third-order valence-corrected chi connectivity index (χ3v) is 1.89. The number of rotatable bonds is 7. The molecule has 0 amide bonds. The van der Waals surface area contributed by atoms with Gasteiger partial charge in [-0.1, -0.05) is 33.1 Å². The topological polar surface area (TPSA) is 52.3 Å². The second-order valence-electron chi connectivity index (χ2n) is 3.27. The second kappa shape index (κ2) is 10.8. The van der Waals surface area contributed by atoms with Crippen LogP contribution >= 0.6 is 12.4 Å². The van der Waals surface area contributed by atoms with Crippen LogP contribution in [-0.4, -0.2) is 18.6 Å². The molecule has 4 heteroatoms. The Morgan fingerprint density at radius 1 is 1.29 bits per heavy atom. The normalized spacial score (nSPS) is 11.6. The highest BCUT2D eigenvalue weighted by atomic mass is 35.5. The van der Waals surface area contributed by atoms with Crippen LogP contribution in [-0.2, 0) is 9.53 Å². The summed E-state index contributed by atoms with van der Waals surface area (Å²) in [6.45, 7) is 4.64. The molecule has 0 saturated carbocycles. The van der Waals surface area contributed by atoms with Gasteiger partial charge in [0.15, 0.2) is 0 Å². The summed E-state index contributed by atoms with van der Waals surface area (Å²) in [6, 6.07) is -0.424. The Morgan fingerprint density at radius 2 is 1.93 bits per heavy atom. The van der Waals surface area contributed by atoms with Gasteiger partial charge in [-0.25, -0.2) is 0 Å². The minimum Gasteiger partial charge on any atom is -0.465 e. The van der Waals surface area contributed by atoms with E-state index in [0.29, 0.717) is 13.0 Å². The lowest BCUT2D eigenvalue weighted by Gasteiger charge is -2.09. The number of hydrogen-bond donors (Lipinski definition) is 1. The first kappa shape index (κ1) is 16.2. The number of carbonyl (C=O) groups excluding carboxylic acids is 1. The fraction of sp³-hybridized carbons (Fsp3) is 0.900. The SMILES string of the molecule is CCCCCOC(=O)[C@@H](N)CCC.Cl. The van der Waals surface area contributed by atoms with Crippen molar-refractivity contribution in [3.05, 3.63) is 0 Å². The highest BCUT2D eigenvalue weighted by Gasteiger charge is 2.12. The van der Waals surface area contributed by atoms with Crippen molar-refractivity contribution in [3.8, 4) is 0 Å². The van der Waals surface area contributed by atoms with E-state index in [1.807, 2.05) is 6.92 Å². The predicted octanol–water partition coefficient (Wildman–Crippen LogP) is 2.27. The van der Waals surface area contributed by atoms with Gasteiger partial charge in [-0.2, -0.15) is 0 Å². The van der Waals surface area contributed by atoms with Crippen LogP contribution < -0.4 is 5.73 Å². The molecular weight excluding hydrogens is 202 g/mol. The Labute approximate surface area is 92.8 Å². The first-order valence-corrected chi connectivity index (χ1v) is 5.14. The average Bonchev–Trinajstić information content (AvgIpc) is 2.12. The smallest absolute Gasteiger partial charge is 0.322 e. The summed E-state index contributed by atoms with van der Waals surface area (Å²) in [5.41, 5.74) is 5.57. The molecule has 1 atom stereocenters. The van der Waals surface area contributed by atoms with Crippen molar-refractivity contribution in [1.82, 2.24) is 0 Å². The Hall–Kier alpha value is -0.280. The third-order valence-electron chi connectivity index (χ3n) is 1.89. The molecule has 0 aromatic carbocycles. The van der Waals surface area contributed by atoms with Crippen LogP contribution in [0.1, 0.15) is 46.0 Å². The molecule has 0 spiro atoms. The van der Waals surface area contributed by atoms with Crippen molar-refractivity contribution in [2.24, 2.45) is 5.73 Å². The van der Waals surface area contributed by atoms with Crippen LogP contribution in [0.2, 0.25) is 0 Å². The van der Waals surface area contributed by atoms with Gasteiger partial charge in [-0.15, -0.1) is 12.4 Å². The fourth-order valence-corrected chi connectivity index (χ4v) is 1.06. The molecule has 86 valence electrons. The Morgan fingerprint density at radius 3 is 2.43 bits per heavy atom. The summed E-state index contributed by atoms with van der Waals surface area (Å²) in [5.74, 6) is -0.252. The maximum Gasteiger partial charge on any atom is 0.322 e. The number of halogens is 1. The maximum atomic E-state index is 11.1. The van der Waals surface area contributed by atoms with Gasteiger partial charge in [0.1, 0.15) is 6.04 Å². The van der Waals surface area contributed by atoms with Crippen LogP contribution in [0.3, 0.4) is 0 Å². The molecule has 0 aliphatic heterocycles. The summed E-state index contributed by atoms with van der Waals surface area (Å²) in [6.07, 6.45) is 4.83. The highest BCUT2D eigenvalue weighted by molar-refractivity contribution is 5.85. The van der Waals surface area contributed by atoms with Crippen molar-refractivity contribution in [1.29, 1.82) is 0 Å². The summed E-state index contributed by atoms with van der Waals surface area (Å²) in [5, 5.41) is 0. The molecule has 0 saturated heterocycles. The predicted molar refractivity (Wildman–Crippen MR) is 60.6 cm³/mol. The molecular formula is C10H22ClNO2. The lowest BCUT2D eigenvalue weighted by atomic mass is 10.2. The lowest BCUT2D eigenvalue weighted by molar-refractivity contribution is -0.145. The van der Waals surface area contributed by atoms with Crippen molar-refractivity contribution < 1.29 is 9.53 Å². The van der Waals surface area contributed by atoms with E-state index in [4.69, 9.17) is 10.5 Å². The minimum atomic E-state index is -0.424.